The van der Waals surface area contributed by atoms with E-state index in [4.69, 9.17) is 4.42 Å². The summed E-state index contributed by atoms with van der Waals surface area (Å²) in [6.07, 6.45) is 2.43. The summed E-state index contributed by atoms with van der Waals surface area (Å²) in [6.45, 7) is 4.58. The van der Waals surface area contributed by atoms with E-state index in [9.17, 15) is 4.79 Å². The lowest BCUT2D eigenvalue weighted by Crippen LogP contribution is -2.39. The fourth-order valence-corrected chi connectivity index (χ4v) is 1.85. The predicted octanol–water partition coefficient (Wildman–Crippen LogP) is 2.75. The quantitative estimate of drug-likeness (QED) is 0.850. The van der Waals surface area contributed by atoms with Crippen molar-refractivity contribution in [1.29, 1.82) is 0 Å². The van der Waals surface area contributed by atoms with Gasteiger partial charge in [0.05, 0.1) is 12.3 Å². The molecule has 4 nitrogen and oxygen atoms in total. The van der Waals surface area contributed by atoms with E-state index in [0.717, 1.165) is 17.9 Å². The number of hydrogen-bond donors (Lipinski definition) is 2. The lowest BCUT2D eigenvalue weighted by Gasteiger charge is -2.13. The molecule has 20 heavy (non-hydrogen) atoms. The van der Waals surface area contributed by atoms with Gasteiger partial charge in [-0.05, 0) is 38.1 Å². The predicted molar refractivity (Wildman–Crippen MR) is 79.7 cm³/mol. The van der Waals surface area contributed by atoms with Crippen LogP contribution in [0.3, 0.4) is 0 Å². The van der Waals surface area contributed by atoms with E-state index >= 15 is 0 Å². The van der Waals surface area contributed by atoms with Crippen molar-refractivity contribution < 1.29 is 9.21 Å². The smallest absolute Gasteiger partial charge is 0.241 e. The van der Waals surface area contributed by atoms with Gasteiger partial charge in [0.15, 0.2) is 0 Å². The lowest BCUT2D eigenvalue weighted by atomic mass is 10.2. The van der Waals surface area contributed by atoms with Crippen LogP contribution in [-0.4, -0.2) is 18.5 Å². The van der Waals surface area contributed by atoms with Gasteiger partial charge in [-0.1, -0.05) is 17.7 Å². The first-order valence-corrected chi connectivity index (χ1v) is 6.78. The Labute approximate surface area is 119 Å². The molecule has 1 aromatic heterocycles. The number of carbonyl (C=O) groups excluding carboxylic acids is 1. The highest BCUT2D eigenvalue weighted by Crippen LogP contribution is 2.09. The minimum absolute atomic E-state index is 0.0340. The molecule has 1 aromatic carbocycles. The van der Waals surface area contributed by atoms with Crippen molar-refractivity contribution in [3.63, 3.8) is 0 Å². The maximum atomic E-state index is 12.0. The summed E-state index contributed by atoms with van der Waals surface area (Å²) < 4.78 is 5.24. The SMILES string of the molecule is Cc1ccc(NC(=O)C(C)NCCc2ccco2)cc1. The van der Waals surface area contributed by atoms with Crippen molar-refractivity contribution in [3.05, 3.63) is 54.0 Å². The molecule has 0 saturated heterocycles. The molecule has 0 aliphatic carbocycles. The van der Waals surface area contributed by atoms with E-state index in [2.05, 4.69) is 10.6 Å². The van der Waals surface area contributed by atoms with Gasteiger partial charge in [0.1, 0.15) is 5.76 Å². The van der Waals surface area contributed by atoms with Crippen molar-refractivity contribution in [2.45, 2.75) is 26.3 Å². The van der Waals surface area contributed by atoms with Crippen LogP contribution < -0.4 is 10.6 Å². The molecule has 1 heterocycles. The van der Waals surface area contributed by atoms with Crippen LogP contribution in [0.2, 0.25) is 0 Å². The van der Waals surface area contributed by atoms with E-state index in [0.29, 0.717) is 6.54 Å². The average molecular weight is 272 g/mol. The van der Waals surface area contributed by atoms with Crippen molar-refractivity contribution in [2.75, 3.05) is 11.9 Å². The third-order valence-electron chi connectivity index (χ3n) is 3.11. The minimum atomic E-state index is -0.244. The number of anilines is 1. The summed E-state index contributed by atoms with van der Waals surface area (Å²) in [7, 11) is 0. The third-order valence-corrected chi connectivity index (χ3v) is 3.11. The van der Waals surface area contributed by atoms with Gasteiger partial charge in [-0.25, -0.2) is 0 Å². The van der Waals surface area contributed by atoms with E-state index in [1.807, 2.05) is 50.2 Å². The van der Waals surface area contributed by atoms with Crippen LogP contribution in [0.4, 0.5) is 5.69 Å². The molecule has 4 heteroatoms. The van der Waals surface area contributed by atoms with Gasteiger partial charge in [0.2, 0.25) is 5.91 Å². The normalized spacial score (nSPS) is 12.1. The molecule has 0 aliphatic heterocycles. The molecule has 1 amide bonds. The Morgan fingerprint density at radius 3 is 2.65 bits per heavy atom. The summed E-state index contributed by atoms with van der Waals surface area (Å²) in [4.78, 5) is 12.0. The van der Waals surface area contributed by atoms with E-state index in [1.54, 1.807) is 6.26 Å². The Hall–Kier alpha value is -2.07. The molecule has 0 spiro atoms. The summed E-state index contributed by atoms with van der Waals surface area (Å²) in [5.74, 6) is 0.886. The number of aryl methyl sites for hydroxylation is 1. The summed E-state index contributed by atoms with van der Waals surface area (Å²) in [5.41, 5.74) is 1.99. The van der Waals surface area contributed by atoms with Crippen LogP contribution >= 0.6 is 0 Å². The molecule has 0 bridgehead atoms. The van der Waals surface area contributed by atoms with Gasteiger partial charge in [-0.2, -0.15) is 0 Å². The summed E-state index contributed by atoms with van der Waals surface area (Å²) >= 11 is 0. The molecule has 1 unspecified atom stereocenters. The Morgan fingerprint density at radius 2 is 2.00 bits per heavy atom. The molecule has 106 valence electrons. The zero-order chi connectivity index (χ0) is 14.4. The summed E-state index contributed by atoms with van der Waals surface area (Å²) in [6, 6.07) is 11.3. The molecule has 0 fully saturated rings. The number of amides is 1. The van der Waals surface area contributed by atoms with Crippen LogP contribution in [0.15, 0.2) is 47.1 Å². The van der Waals surface area contributed by atoms with Crippen molar-refractivity contribution in [2.24, 2.45) is 0 Å². The first-order chi connectivity index (χ1) is 9.65. The molecule has 0 radical (unpaired) electrons. The zero-order valence-corrected chi connectivity index (χ0v) is 11.8. The number of furan rings is 1. The summed E-state index contributed by atoms with van der Waals surface area (Å²) in [5, 5.41) is 6.07. The molecule has 2 aromatic rings. The van der Waals surface area contributed by atoms with Gasteiger partial charge in [0.25, 0.3) is 0 Å². The lowest BCUT2D eigenvalue weighted by molar-refractivity contribution is -0.117. The highest BCUT2D eigenvalue weighted by atomic mass is 16.3. The van der Waals surface area contributed by atoms with E-state index < -0.39 is 0 Å². The Bertz CT molecular complexity index is 532. The first kappa shape index (κ1) is 14.3. The number of hydrogen-bond acceptors (Lipinski definition) is 3. The Morgan fingerprint density at radius 1 is 1.25 bits per heavy atom. The maximum Gasteiger partial charge on any atom is 0.241 e. The standard InChI is InChI=1S/C16H20N2O2/c1-12-5-7-14(8-6-12)18-16(19)13(2)17-10-9-15-4-3-11-20-15/h3-8,11,13,17H,9-10H2,1-2H3,(H,18,19). The zero-order valence-electron chi connectivity index (χ0n) is 11.8. The van der Waals surface area contributed by atoms with Gasteiger partial charge >= 0.3 is 0 Å². The Kier molecular flexibility index (Phi) is 4.96. The first-order valence-electron chi connectivity index (χ1n) is 6.78. The van der Waals surface area contributed by atoms with Crippen LogP contribution in [0, 0.1) is 6.92 Å². The second-order valence-corrected chi connectivity index (χ2v) is 4.86. The highest BCUT2D eigenvalue weighted by molar-refractivity contribution is 5.94. The van der Waals surface area contributed by atoms with Crippen LogP contribution in [0.1, 0.15) is 18.2 Å². The highest BCUT2D eigenvalue weighted by Gasteiger charge is 2.12. The van der Waals surface area contributed by atoms with Gasteiger partial charge < -0.3 is 15.1 Å². The van der Waals surface area contributed by atoms with E-state index in [1.165, 1.54) is 5.56 Å². The largest absolute Gasteiger partial charge is 0.469 e. The van der Waals surface area contributed by atoms with Crippen molar-refractivity contribution in [3.8, 4) is 0 Å². The molecular formula is C16H20N2O2. The van der Waals surface area contributed by atoms with Gasteiger partial charge in [0, 0.05) is 18.7 Å². The van der Waals surface area contributed by atoms with Crippen molar-refractivity contribution in [1.82, 2.24) is 5.32 Å². The van der Waals surface area contributed by atoms with Crippen molar-refractivity contribution >= 4 is 11.6 Å². The fraction of sp³-hybridized carbons (Fsp3) is 0.312. The third kappa shape index (κ3) is 4.24. The maximum absolute atomic E-state index is 12.0. The molecule has 2 rings (SSSR count). The fourth-order valence-electron chi connectivity index (χ4n) is 1.85. The number of benzene rings is 1. The van der Waals surface area contributed by atoms with Crippen LogP contribution in [0.5, 0.6) is 0 Å². The second kappa shape index (κ2) is 6.91. The number of carbonyl (C=O) groups is 1. The minimum Gasteiger partial charge on any atom is -0.469 e. The number of rotatable bonds is 6. The molecule has 0 saturated carbocycles. The topological polar surface area (TPSA) is 54.3 Å². The second-order valence-electron chi connectivity index (χ2n) is 4.86. The van der Waals surface area contributed by atoms with Crippen LogP contribution in [-0.2, 0) is 11.2 Å². The molecule has 1 atom stereocenters. The molecule has 2 N–H and O–H groups in total. The monoisotopic (exact) mass is 272 g/mol. The molecular weight excluding hydrogens is 252 g/mol. The van der Waals surface area contributed by atoms with Gasteiger partial charge in [-0.3, -0.25) is 4.79 Å². The van der Waals surface area contributed by atoms with Gasteiger partial charge in [-0.15, -0.1) is 0 Å². The number of nitrogens with one attached hydrogen (secondary N) is 2. The Balaban J connectivity index is 1.75. The van der Waals surface area contributed by atoms with Crippen LogP contribution in [0.25, 0.3) is 0 Å². The molecule has 0 aliphatic rings. The van der Waals surface area contributed by atoms with E-state index in [-0.39, 0.29) is 11.9 Å². The average Bonchev–Trinajstić information content (AvgIpc) is 2.94.